The van der Waals surface area contributed by atoms with Gasteiger partial charge in [-0.25, -0.2) is 0 Å². The third kappa shape index (κ3) is 3.85. The second-order valence-electron chi connectivity index (χ2n) is 13.2. The van der Waals surface area contributed by atoms with Gasteiger partial charge in [0.05, 0.1) is 0 Å². The Hall–Kier alpha value is -6.02. The summed E-state index contributed by atoms with van der Waals surface area (Å²) < 4.78 is 2.69. The lowest BCUT2D eigenvalue weighted by Crippen LogP contribution is -1.88. The van der Waals surface area contributed by atoms with Crippen LogP contribution in [0.4, 0.5) is 0 Å². The average molecular weight is 637 g/mol. The minimum absolute atomic E-state index is 1.26. The second kappa shape index (κ2) is 10.2. The molecule has 11 aromatic rings. The molecule has 0 unspecified atom stereocenters. The van der Waals surface area contributed by atoms with Crippen LogP contribution in [-0.4, -0.2) is 0 Å². The van der Waals surface area contributed by atoms with Gasteiger partial charge in [0.15, 0.2) is 0 Å². The van der Waals surface area contributed by atoms with Crippen molar-refractivity contribution in [1.82, 2.24) is 0 Å². The first-order chi connectivity index (χ1) is 24.3. The second-order valence-corrected chi connectivity index (χ2v) is 14.2. The summed E-state index contributed by atoms with van der Waals surface area (Å²) in [6, 6.07) is 63.1. The lowest BCUT2D eigenvalue weighted by Gasteiger charge is -2.16. The lowest BCUT2D eigenvalue weighted by atomic mass is 9.88. The predicted octanol–water partition coefficient (Wildman–Crippen LogP) is 14.3. The van der Waals surface area contributed by atoms with Gasteiger partial charge in [0.2, 0.25) is 0 Å². The van der Waals surface area contributed by atoms with E-state index in [0.717, 1.165) is 0 Å². The molecule has 0 aliphatic heterocycles. The molecule has 226 valence electrons. The number of fused-ring (bicyclic) bond motifs is 15. The SMILES string of the molecule is c1ccc(-c2cccc3c2sc2c(-c4ccc5c(c4)c4ccccc4c4cc6c7ccccc7c7ccccc7c6cc54)cccc23)cc1. The highest BCUT2D eigenvalue weighted by Crippen LogP contribution is 2.46. The Balaban J connectivity index is 1.21. The molecule has 0 atom stereocenters. The number of rotatable bonds is 2. The molecule has 0 N–H and O–H groups in total. The molecule has 0 amide bonds. The number of benzene rings is 10. The Labute approximate surface area is 287 Å². The zero-order chi connectivity index (χ0) is 32.1. The minimum atomic E-state index is 1.26. The van der Waals surface area contributed by atoms with Crippen LogP contribution in [-0.2, 0) is 0 Å². The molecule has 11 rings (SSSR count). The molecule has 0 aliphatic carbocycles. The first-order valence-electron chi connectivity index (χ1n) is 16.9. The van der Waals surface area contributed by atoms with E-state index < -0.39 is 0 Å². The van der Waals surface area contributed by atoms with Crippen molar-refractivity contribution in [1.29, 1.82) is 0 Å². The van der Waals surface area contributed by atoms with Crippen molar-refractivity contribution in [3.05, 3.63) is 170 Å². The number of hydrogen-bond acceptors (Lipinski definition) is 1. The van der Waals surface area contributed by atoms with Crippen LogP contribution in [0.25, 0.3) is 107 Å². The Morgan fingerprint density at radius 1 is 0.224 bits per heavy atom. The van der Waals surface area contributed by atoms with E-state index in [1.165, 1.54) is 107 Å². The maximum Gasteiger partial charge on any atom is 0.0434 e. The highest BCUT2D eigenvalue weighted by Gasteiger charge is 2.17. The van der Waals surface area contributed by atoms with Gasteiger partial charge in [-0.1, -0.05) is 152 Å². The molecule has 1 aromatic heterocycles. The van der Waals surface area contributed by atoms with Crippen molar-refractivity contribution in [2.75, 3.05) is 0 Å². The van der Waals surface area contributed by atoms with Crippen molar-refractivity contribution in [2.45, 2.75) is 0 Å². The van der Waals surface area contributed by atoms with Crippen LogP contribution in [0.5, 0.6) is 0 Å². The van der Waals surface area contributed by atoms with E-state index in [2.05, 4.69) is 170 Å². The van der Waals surface area contributed by atoms with Gasteiger partial charge in [0, 0.05) is 20.2 Å². The quantitative estimate of drug-likeness (QED) is 0.131. The van der Waals surface area contributed by atoms with Gasteiger partial charge in [0.1, 0.15) is 0 Å². The molecule has 0 nitrogen and oxygen atoms in total. The van der Waals surface area contributed by atoms with Crippen molar-refractivity contribution in [3.8, 4) is 22.3 Å². The van der Waals surface area contributed by atoms with Crippen LogP contribution < -0.4 is 0 Å². The molecule has 0 radical (unpaired) electrons. The Bertz CT molecular complexity index is 3150. The predicted molar refractivity (Wildman–Crippen MR) is 215 cm³/mol. The molecule has 49 heavy (non-hydrogen) atoms. The Morgan fingerprint density at radius 2 is 0.592 bits per heavy atom. The van der Waals surface area contributed by atoms with Crippen LogP contribution in [0.2, 0.25) is 0 Å². The van der Waals surface area contributed by atoms with Crippen molar-refractivity contribution >= 4 is 96.1 Å². The smallest absolute Gasteiger partial charge is 0.0434 e. The lowest BCUT2D eigenvalue weighted by molar-refractivity contribution is 1.67. The first kappa shape index (κ1) is 27.0. The van der Waals surface area contributed by atoms with Crippen LogP contribution in [0.3, 0.4) is 0 Å². The maximum absolute atomic E-state index is 2.46. The largest absolute Gasteiger partial charge is 0.134 e. The highest BCUT2D eigenvalue weighted by atomic mass is 32.1. The zero-order valence-corrected chi connectivity index (χ0v) is 27.4. The first-order valence-corrected chi connectivity index (χ1v) is 17.7. The van der Waals surface area contributed by atoms with E-state index in [4.69, 9.17) is 0 Å². The van der Waals surface area contributed by atoms with Gasteiger partial charge in [-0.05, 0) is 105 Å². The van der Waals surface area contributed by atoms with Crippen molar-refractivity contribution in [3.63, 3.8) is 0 Å². The number of hydrogen-bond donors (Lipinski definition) is 0. The van der Waals surface area contributed by atoms with Gasteiger partial charge < -0.3 is 0 Å². The summed E-state index contributed by atoms with van der Waals surface area (Å²) in [6.45, 7) is 0. The number of thiophene rings is 1. The fourth-order valence-corrected chi connectivity index (χ4v) is 9.78. The van der Waals surface area contributed by atoms with Crippen molar-refractivity contribution in [2.24, 2.45) is 0 Å². The maximum atomic E-state index is 2.46. The Morgan fingerprint density at radius 3 is 1.08 bits per heavy atom. The normalized spacial score (nSPS) is 12.1. The summed E-state index contributed by atoms with van der Waals surface area (Å²) >= 11 is 1.92. The van der Waals surface area contributed by atoms with Gasteiger partial charge in [-0.2, -0.15) is 0 Å². The van der Waals surface area contributed by atoms with Gasteiger partial charge in [-0.3, -0.25) is 0 Å². The fraction of sp³-hybridized carbons (Fsp3) is 0. The highest BCUT2D eigenvalue weighted by molar-refractivity contribution is 7.26. The molecular formula is C48H28S. The van der Waals surface area contributed by atoms with Crippen LogP contribution in [0.15, 0.2) is 170 Å². The molecule has 0 fully saturated rings. The minimum Gasteiger partial charge on any atom is -0.134 e. The standard InChI is InChI=1S/C48H28S/c1-2-12-29(13-3-1)31-20-10-22-40-41-23-11-21-32(48(41)49-47(31)40)30-24-25-39-42(26-30)37-18-8-9-19-38(37)45-27-43-35-16-6-4-14-33(35)34-15-5-7-17-36(34)44(43)28-46(39)45/h1-28H. The summed E-state index contributed by atoms with van der Waals surface area (Å²) in [6.07, 6.45) is 0. The van der Waals surface area contributed by atoms with E-state index in [9.17, 15) is 0 Å². The van der Waals surface area contributed by atoms with Gasteiger partial charge >= 0.3 is 0 Å². The van der Waals surface area contributed by atoms with Crippen LogP contribution in [0.1, 0.15) is 0 Å². The van der Waals surface area contributed by atoms with E-state index in [0.29, 0.717) is 0 Å². The zero-order valence-electron chi connectivity index (χ0n) is 26.6. The summed E-state index contributed by atoms with van der Waals surface area (Å²) in [5.41, 5.74) is 5.11. The molecule has 0 saturated heterocycles. The van der Waals surface area contributed by atoms with Crippen LogP contribution >= 0.6 is 11.3 Å². The average Bonchev–Trinajstić information content (AvgIpc) is 3.57. The summed E-state index contributed by atoms with van der Waals surface area (Å²) in [7, 11) is 0. The van der Waals surface area contributed by atoms with Crippen LogP contribution in [0, 0.1) is 0 Å². The Kier molecular flexibility index (Phi) is 5.64. The van der Waals surface area contributed by atoms with E-state index in [-0.39, 0.29) is 0 Å². The van der Waals surface area contributed by atoms with Gasteiger partial charge in [-0.15, -0.1) is 11.3 Å². The molecule has 0 saturated carbocycles. The topological polar surface area (TPSA) is 0 Å². The van der Waals surface area contributed by atoms with E-state index in [1.54, 1.807) is 0 Å². The molecule has 0 bridgehead atoms. The third-order valence-corrected chi connectivity index (χ3v) is 11.9. The summed E-state index contributed by atoms with van der Waals surface area (Å²) in [5.74, 6) is 0. The molecule has 1 heteroatoms. The molecule has 1 heterocycles. The van der Waals surface area contributed by atoms with Crippen molar-refractivity contribution < 1.29 is 0 Å². The monoisotopic (exact) mass is 636 g/mol. The summed E-state index contributed by atoms with van der Waals surface area (Å²) in [5, 5.41) is 18.3. The fourth-order valence-electron chi connectivity index (χ4n) is 8.41. The molecule has 10 aromatic carbocycles. The van der Waals surface area contributed by atoms with Gasteiger partial charge in [0.25, 0.3) is 0 Å². The molecule has 0 spiro atoms. The van der Waals surface area contributed by atoms with E-state index >= 15 is 0 Å². The molecule has 0 aliphatic rings. The molecular weight excluding hydrogens is 609 g/mol. The van der Waals surface area contributed by atoms with E-state index in [1.807, 2.05) is 11.3 Å². The summed E-state index contributed by atoms with van der Waals surface area (Å²) in [4.78, 5) is 0. The third-order valence-electron chi connectivity index (χ3n) is 10.6.